The van der Waals surface area contributed by atoms with Crippen LogP contribution in [0.2, 0.25) is 0 Å². The Labute approximate surface area is 52.3 Å². The second kappa shape index (κ2) is 2.06. The molecule has 0 aromatic heterocycles. The van der Waals surface area contributed by atoms with E-state index in [4.69, 9.17) is 9.94 Å². The van der Waals surface area contributed by atoms with Crippen LogP contribution in [0.25, 0.3) is 0 Å². The molecule has 0 radical (unpaired) electrons. The van der Waals surface area contributed by atoms with Gasteiger partial charge in [-0.3, -0.25) is 10.0 Å². The molecule has 0 aliphatic carbocycles. The molecule has 0 bridgehead atoms. The van der Waals surface area contributed by atoms with Crippen molar-refractivity contribution < 1.29 is 14.7 Å². The van der Waals surface area contributed by atoms with Crippen LogP contribution in [-0.2, 0) is 9.53 Å². The third-order valence-corrected chi connectivity index (χ3v) is 1.11. The third kappa shape index (κ3) is 1.02. The van der Waals surface area contributed by atoms with Gasteiger partial charge in [0.25, 0.3) is 5.91 Å². The minimum atomic E-state index is -0.424. The largest absolute Gasteiger partial charge is 0.499 e. The topological polar surface area (TPSA) is 49.8 Å². The fraction of sp³-hybridized carbons (Fsp3) is 0.400. The molecule has 0 spiro atoms. The van der Waals surface area contributed by atoms with Crippen molar-refractivity contribution in [2.24, 2.45) is 0 Å². The number of nitrogens with zero attached hydrogens (tertiary/aromatic N) is 1. The molecular formula is C5H7NO3. The Morgan fingerprint density at radius 1 is 1.89 bits per heavy atom. The predicted molar refractivity (Wildman–Crippen MR) is 28.6 cm³/mol. The van der Waals surface area contributed by atoms with Gasteiger partial charge in [-0.05, 0) is 0 Å². The maximum absolute atomic E-state index is 10.5. The molecule has 0 aromatic carbocycles. The molecule has 0 saturated carbocycles. The molecule has 9 heavy (non-hydrogen) atoms. The van der Waals surface area contributed by atoms with E-state index in [0.29, 0.717) is 10.8 Å². The van der Waals surface area contributed by atoms with E-state index in [2.05, 4.69) is 0 Å². The highest BCUT2D eigenvalue weighted by molar-refractivity contribution is 5.89. The second-order valence-electron chi connectivity index (χ2n) is 1.71. The molecule has 0 atom stereocenters. The molecular weight excluding hydrogens is 122 g/mol. The molecule has 1 rings (SSSR count). The molecule has 1 N–H and O–H groups in total. The Bertz CT molecular complexity index is 164. The third-order valence-electron chi connectivity index (χ3n) is 1.11. The summed E-state index contributed by atoms with van der Waals surface area (Å²) in [5.41, 5.74) is 0. The Morgan fingerprint density at radius 2 is 2.56 bits per heavy atom. The van der Waals surface area contributed by atoms with Crippen LogP contribution in [0.4, 0.5) is 0 Å². The van der Waals surface area contributed by atoms with Crippen LogP contribution in [0.1, 0.15) is 0 Å². The first-order valence-corrected chi connectivity index (χ1v) is 2.49. The highest BCUT2D eigenvalue weighted by atomic mass is 16.5. The van der Waals surface area contributed by atoms with Gasteiger partial charge >= 0.3 is 0 Å². The average molecular weight is 129 g/mol. The fourth-order valence-corrected chi connectivity index (χ4v) is 0.607. The zero-order chi connectivity index (χ0) is 6.85. The van der Waals surface area contributed by atoms with Crippen LogP contribution in [0.3, 0.4) is 0 Å². The van der Waals surface area contributed by atoms with Gasteiger partial charge in [0.15, 0.2) is 0 Å². The molecule has 1 aliphatic rings. The first-order valence-electron chi connectivity index (χ1n) is 2.49. The number of hydrogen-bond acceptors (Lipinski definition) is 3. The molecule has 0 saturated heterocycles. The van der Waals surface area contributed by atoms with Gasteiger partial charge < -0.3 is 4.74 Å². The normalized spacial score (nSPS) is 18.2. The summed E-state index contributed by atoms with van der Waals surface area (Å²) < 4.78 is 4.69. The molecule has 0 fully saturated rings. The van der Waals surface area contributed by atoms with Crippen molar-refractivity contribution >= 4 is 5.91 Å². The summed E-state index contributed by atoms with van der Waals surface area (Å²) in [4.78, 5) is 10.5. The molecule has 4 heteroatoms. The predicted octanol–water partition coefficient (Wildman–Crippen LogP) is -0.252. The van der Waals surface area contributed by atoms with E-state index >= 15 is 0 Å². The van der Waals surface area contributed by atoms with E-state index < -0.39 is 5.91 Å². The summed E-state index contributed by atoms with van der Waals surface area (Å²) in [6.07, 6.45) is 1.25. The summed E-state index contributed by atoms with van der Waals surface area (Å²) in [5.74, 6) is 0.0642. The summed E-state index contributed by atoms with van der Waals surface area (Å²) >= 11 is 0. The number of amides is 1. The first kappa shape index (κ1) is 6.10. The SMILES string of the molecule is COC1=CC(=O)N(O)C1. The van der Waals surface area contributed by atoms with E-state index in [1.54, 1.807) is 0 Å². The maximum atomic E-state index is 10.5. The van der Waals surface area contributed by atoms with Gasteiger partial charge in [0, 0.05) is 6.08 Å². The summed E-state index contributed by atoms with van der Waals surface area (Å²) in [5, 5.41) is 9.25. The van der Waals surface area contributed by atoms with E-state index in [0.717, 1.165) is 0 Å². The number of carbonyl (C=O) groups excluding carboxylic acids is 1. The minimum Gasteiger partial charge on any atom is -0.499 e. The van der Waals surface area contributed by atoms with Gasteiger partial charge in [0.1, 0.15) is 12.3 Å². The van der Waals surface area contributed by atoms with E-state index in [-0.39, 0.29) is 6.54 Å². The summed E-state index contributed by atoms with van der Waals surface area (Å²) in [6, 6.07) is 0. The van der Waals surface area contributed by atoms with Gasteiger partial charge in [-0.1, -0.05) is 0 Å². The molecule has 1 amide bonds. The first-order chi connectivity index (χ1) is 4.24. The lowest BCUT2D eigenvalue weighted by Gasteiger charge is -2.04. The number of hydrogen-bond donors (Lipinski definition) is 1. The number of ether oxygens (including phenoxy) is 1. The van der Waals surface area contributed by atoms with E-state index in [1.165, 1.54) is 13.2 Å². The Balaban J connectivity index is 2.62. The number of methoxy groups -OCH3 is 1. The van der Waals surface area contributed by atoms with Crippen molar-refractivity contribution in [1.82, 2.24) is 5.06 Å². The summed E-state index contributed by atoms with van der Waals surface area (Å²) in [6.45, 7) is 0.162. The molecule has 4 nitrogen and oxygen atoms in total. The number of hydroxylamine groups is 2. The van der Waals surface area contributed by atoms with E-state index in [9.17, 15) is 4.79 Å². The minimum absolute atomic E-state index is 0.162. The van der Waals surface area contributed by atoms with Crippen molar-refractivity contribution in [3.63, 3.8) is 0 Å². The zero-order valence-electron chi connectivity index (χ0n) is 5.00. The van der Waals surface area contributed by atoms with Gasteiger partial charge in [-0.25, -0.2) is 5.06 Å². The van der Waals surface area contributed by atoms with Crippen molar-refractivity contribution in [2.75, 3.05) is 13.7 Å². The quantitative estimate of drug-likeness (QED) is 0.496. The van der Waals surface area contributed by atoms with Gasteiger partial charge in [0.2, 0.25) is 0 Å². The summed E-state index contributed by atoms with van der Waals surface area (Å²) in [7, 11) is 1.46. The molecule has 0 aromatic rings. The standard InChI is InChI=1S/C5H7NO3/c1-9-4-2-5(7)6(8)3-4/h2,8H,3H2,1H3. The highest BCUT2D eigenvalue weighted by Crippen LogP contribution is 2.06. The number of carbonyl (C=O) groups is 1. The van der Waals surface area contributed by atoms with Gasteiger partial charge in [-0.15, -0.1) is 0 Å². The monoisotopic (exact) mass is 129 g/mol. The maximum Gasteiger partial charge on any atom is 0.273 e. The lowest BCUT2D eigenvalue weighted by atomic mass is 10.5. The fourth-order valence-electron chi connectivity index (χ4n) is 0.607. The van der Waals surface area contributed by atoms with Crippen LogP contribution in [0, 0.1) is 0 Å². The van der Waals surface area contributed by atoms with Crippen LogP contribution in [0.5, 0.6) is 0 Å². The molecule has 1 heterocycles. The Hall–Kier alpha value is -1.03. The van der Waals surface area contributed by atoms with Crippen molar-refractivity contribution in [1.29, 1.82) is 0 Å². The molecule has 0 unspecified atom stereocenters. The highest BCUT2D eigenvalue weighted by Gasteiger charge is 2.19. The zero-order valence-corrected chi connectivity index (χ0v) is 5.00. The van der Waals surface area contributed by atoms with Crippen molar-refractivity contribution in [2.45, 2.75) is 0 Å². The number of rotatable bonds is 1. The Morgan fingerprint density at radius 3 is 2.78 bits per heavy atom. The Kier molecular flexibility index (Phi) is 1.40. The van der Waals surface area contributed by atoms with Crippen molar-refractivity contribution in [3.8, 4) is 0 Å². The van der Waals surface area contributed by atoms with Crippen LogP contribution in [0.15, 0.2) is 11.8 Å². The lowest BCUT2D eigenvalue weighted by molar-refractivity contribution is -0.155. The van der Waals surface area contributed by atoms with Crippen molar-refractivity contribution in [3.05, 3.63) is 11.8 Å². The second-order valence-corrected chi connectivity index (χ2v) is 1.71. The smallest absolute Gasteiger partial charge is 0.273 e. The molecule has 50 valence electrons. The van der Waals surface area contributed by atoms with Crippen LogP contribution >= 0.6 is 0 Å². The lowest BCUT2D eigenvalue weighted by Crippen LogP contribution is -2.20. The van der Waals surface area contributed by atoms with Gasteiger partial charge in [0.05, 0.1) is 7.11 Å². The molecule has 1 aliphatic heterocycles. The van der Waals surface area contributed by atoms with Crippen LogP contribution in [-0.4, -0.2) is 29.8 Å². The average Bonchev–Trinajstić information content (AvgIpc) is 2.13. The van der Waals surface area contributed by atoms with Crippen LogP contribution < -0.4 is 0 Å². The van der Waals surface area contributed by atoms with Gasteiger partial charge in [-0.2, -0.15) is 0 Å². The van der Waals surface area contributed by atoms with E-state index in [1.807, 2.05) is 0 Å².